The van der Waals surface area contributed by atoms with Gasteiger partial charge in [-0.3, -0.25) is 4.79 Å². The smallest absolute Gasteiger partial charge is 0.262 e. The summed E-state index contributed by atoms with van der Waals surface area (Å²) in [6.45, 7) is 2.08. The first-order chi connectivity index (χ1) is 11.6. The molecule has 0 radical (unpaired) electrons. The van der Waals surface area contributed by atoms with E-state index in [4.69, 9.17) is 15.2 Å². The van der Waals surface area contributed by atoms with E-state index in [2.05, 4.69) is 10.5 Å². The summed E-state index contributed by atoms with van der Waals surface area (Å²) in [7, 11) is 0. The molecule has 2 aromatic rings. The Kier molecular flexibility index (Phi) is 3.26. The average Bonchev–Trinajstić information content (AvgIpc) is 2.59. The molecule has 2 aromatic carbocycles. The SMILES string of the molecule is CC1C(=O)NN=C2COc3cc(Oc4ccccc4)c(N)cc3N21. The first kappa shape index (κ1) is 14.4. The van der Waals surface area contributed by atoms with Crippen molar-refractivity contribution >= 4 is 23.1 Å². The zero-order valence-corrected chi connectivity index (χ0v) is 13.0. The van der Waals surface area contributed by atoms with Gasteiger partial charge in [-0.05, 0) is 25.1 Å². The maximum absolute atomic E-state index is 11.9. The van der Waals surface area contributed by atoms with Gasteiger partial charge in [0.1, 0.15) is 24.1 Å². The second-order valence-electron chi connectivity index (χ2n) is 5.61. The molecular formula is C17H16N4O3. The highest BCUT2D eigenvalue weighted by Gasteiger charge is 2.35. The number of nitrogen functional groups attached to an aromatic ring is 1. The number of carbonyl (C=O) groups excluding carboxylic acids is 1. The Morgan fingerprint density at radius 1 is 1.33 bits per heavy atom. The Bertz CT molecular complexity index is 835. The lowest BCUT2D eigenvalue weighted by Crippen LogP contribution is -2.55. The molecule has 0 aliphatic carbocycles. The summed E-state index contributed by atoms with van der Waals surface area (Å²) < 4.78 is 11.6. The molecule has 1 amide bonds. The van der Waals surface area contributed by atoms with Crippen molar-refractivity contribution in [2.45, 2.75) is 13.0 Å². The van der Waals surface area contributed by atoms with Crippen molar-refractivity contribution in [1.82, 2.24) is 5.43 Å². The fourth-order valence-corrected chi connectivity index (χ4v) is 2.77. The number of hydrogen-bond acceptors (Lipinski definition) is 6. The molecule has 7 nitrogen and oxygen atoms in total. The number of rotatable bonds is 2. The number of nitrogens with one attached hydrogen (secondary N) is 1. The number of anilines is 2. The zero-order valence-electron chi connectivity index (χ0n) is 13.0. The van der Waals surface area contributed by atoms with Gasteiger partial charge < -0.3 is 20.1 Å². The third kappa shape index (κ3) is 2.30. The molecule has 3 N–H and O–H groups in total. The number of hydrazone groups is 1. The van der Waals surface area contributed by atoms with Gasteiger partial charge in [0.15, 0.2) is 11.6 Å². The highest BCUT2D eigenvalue weighted by atomic mass is 16.5. The molecule has 2 aliphatic rings. The highest BCUT2D eigenvalue weighted by molar-refractivity contribution is 6.09. The third-order valence-electron chi connectivity index (χ3n) is 4.02. The number of para-hydroxylation sites is 1. The van der Waals surface area contributed by atoms with Crippen LogP contribution in [-0.2, 0) is 4.79 Å². The highest BCUT2D eigenvalue weighted by Crippen LogP contribution is 2.42. The zero-order chi connectivity index (χ0) is 16.7. The number of amides is 1. The van der Waals surface area contributed by atoms with Gasteiger partial charge in [-0.2, -0.15) is 5.10 Å². The number of hydrogen-bond donors (Lipinski definition) is 2. The largest absolute Gasteiger partial charge is 0.483 e. The fraction of sp³-hybridized carbons (Fsp3) is 0.176. The average molecular weight is 324 g/mol. The molecule has 0 bridgehead atoms. The Morgan fingerprint density at radius 2 is 2.12 bits per heavy atom. The van der Waals surface area contributed by atoms with Crippen LogP contribution in [0.4, 0.5) is 11.4 Å². The van der Waals surface area contributed by atoms with Crippen LogP contribution in [0.3, 0.4) is 0 Å². The summed E-state index contributed by atoms with van der Waals surface area (Å²) >= 11 is 0. The molecule has 2 aliphatic heterocycles. The van der Waals surface area contributed by atoms with E-state index in [1.807, 2.05) is 42.2 Å². The summed E-state index contributed by atoms with van der Waals surface area (Å²) in [6, 6.07) is 12.5. The summed E-state index contributed by atoms with van der Waals surface area (Å²) in [5, 5.41) is 4.05. The molecule has 7 heteroatoms. The minimum absolute atomic E-state index is 0.171. The van der Waals surface area contributed by atoms with Crippen molar-refractivity contribution in [3.63, 3.8) is 0 Å². The Labute approximate surface area is 138 Å². The molecule has 2 heterocycles. The van der Waals surface area contributed by atoms with Gasteiger partial charge in [-0.25, -0.2) is 5.43 Å². The summed E-state index contributed by atoms with van der Waals surface area (Å²) in [6.07, 6.45) is 0. The molecule has 4 rings (SSSR count). The van der Waals surface area contributed by atoms with Crippen LogP contribution in [0.25, 0.3) is 0 Å². The standard InChI is InChI=1S/C17H16N4O3/c1-10-17(22)20-19-16-9-23-15-8-14(12(18)7-13(15)21(10)16)24-11-5-3-2-4-6-11/h2-8,10H,9,18H2,1H3,(H,20,22). The van der Waals surface area contributed by atoms with Crippen LogP contribution >= 0.6 is 0 Å². The molecule has 1 unspecified atom stereocenters. The number of ether oxygens (including phenoxy) is 2. The number of nitrogens with two attached hydrogens (primary N) is 1. The topological polar surface area (TPSA) is 89.2 Å². The maximum atomic E-state index is 11.9. The molecule has 0 spiro atoms. The minimum Gasteiger partial charge on any atom is -0.483 e. The van der Waals surface area contributed by atoms with E-state index in [0.29, 0.717) is 34.5 Å². The van der Waals surface area contributed by atoms with Crippen LogP contribution < -0.4 is 25.5 Å². The third-order valence-corrected chi connectivity index (χ3v) is 4.02. The lowest BCUT2D eigenvalue weighted by atomic mass is 10.1. The monoisotopic (exact) mass is 324 g/mol. The molecule has 0 fully saturated rings. The second kappa shape index (κ2) is 5.45. The number of nitrogens with zero attached hydrogens (tertiary/aromatic N) is 2. The number of fused-ring (bicyclic) bond motifs is 3. The number of carbonyl (C=O) groups is 1. The van der Waals surface area contributed by atoms with Crippen molar-refractivity contribution in [3.8, 4) is 17.2 Å². The van der Waals surface area contributed by atoms with Crippen LogP contribution in [-0.4, -0.2) is 24.4 Å². The van der Waals surface area contributed by atoms with Crippen LogP contribution in [0, 0.1) is 0 Å². The van der Waals surface area contributed by atoms with Crippen molar-refractivity contribution in [1.29, 1.82) is 0 Å². The lowest BCUT2D eigenvalue weighted by molar-refractivity contribution is -0.122. The number of amidine groups is 1. The fourth-order valence-electron chi connectivity index (χ4n) is 2.77. The van der Waals surface area contributed by atoms with Crippen LogP contribution in [0.2, 0.25) is 0 Å². The Hall–Kier alpha value is -3.22. The molecule has 24 heavy (non-hydrogen) atoms. The maximum Gasteiger partial charge on any atom is 0.262 e. The van der Waals surface area contributed by atoms with E-state index >= 15 is 0 Å². The second-order valence-corrected chi connectivity index (χ2v) is 5.61. The van der Waals surface area contributed by atoms with Crippen molar-refractivity contribution < 1.29 is 14.3 Å². The lowest BCUT2D eigenvalue weighted by Gasteiger charge is -2.38. The summed E-state index contributed by atoms with van der Waals surface area (Å²) in [4.78, 5) is 13.7. The first-order valence-electron chi connectivity index (χ1n) is 7.58. The van der Waals surface area contributed by atoms with Crippen LogP contribution in [0.15, 0.2) is 47.6 Å². The normalized spacial score (nSPS) is 18.7. The summed E-state index contributed by atoms with van der Waals surface area (Å²) in [5.41, 5.74) is 9.81. The van der Waals surface area contributed by atoms with Gasteiger partial charge in [-0.15, -0.1) is 0 Å². The van der Waals surface area contributed by atoms with Crippen LogP contribution in [0.1, 0.15) is 6.92 Å². The molecule has 122 valence electrons. The first-order valence-corrected chi connectivity index (χ1v) is 7.58. The van der Waals surface area contributed by atoms with Gasteiger partial charge in [0, 0.05) is 6.07 Å². The quantitative estimate of drug-likeness (QED) is 0.826. The van der Waals surface area contributed by atoms with Gasteiger partial charge >= 0.3 is 0 Å². The van der Waals surface area contributed by atoms with E-state index in [1.54, 1.807) is 12.1 Å². The Morgan fingerprint density at radius 3 is 2.92 bits per heavy atom. The van der Waals surface area contributed by atoms with E-state index in [0.717, 1.165) is 0 Å². The van der Waals surface area contributed by atoms with Gasteiger partial charge in [0.25, 0.3) is 5.91 Å². The molecule has 0 aromatic heterocycles. The molecular weight excluding hydrogens is 308 g/mol. The summed E-state index contributed by atoms with van der Waals surface area (Å²) in [5.74, 6) is 2.28. The predicted octanol–water partition coefficient (Wildman–Crippen LogP) is 2.09. The van der Waals surface area contributed by atoms with E-state index in [1.165, 1.54) is 0 Å². The Balaban J connectivity index is 1.73. The van der Waals surface area contributed by atoms with Gasteiger partial charge in [0.05, 0.1) is 11.4 Å². The van der Waals surface area contributed by atoms with Crippen molar-refractivity contribution in [2.24, 2.45) is 5.10 Å². The van der Waals surface area contributed by atoms with Gasteiger partial charge in [0.2, 0.25) is 0 Å². The number of benzene rings is 2. The predicted molar refractivity (Wildman–Crippen MR) is 90.4 cm³/mol. The minimum atomic E-state index is -0.388. The van der Waals surface area contributed by atoms with Gasteiger partial charge in [-0.1, -0.05) is 18.2 Å². The van der Waals surface area contributed by atoms with E-state index in [-0.39, 0.29) is 18.6 Å². The molecule has 0 saturated carbocycles. The molecule has 0 saturated heterocycles. The van der Waals surface area contributed by atoms with Crippen molar-refractivity contribution in [2.75, 3.05) is 17.2 Å². The van der Waals surface area contributed by atoms with E-state index in [9.17, 15) is 4.79 Å². The van der Waals surface area contributed by atoms with Crippen molar-refractivity contribution in [3.05, 3.63) is 42.5 Å². The molecule has 1 atom stereocenters. The van der Waals surface area contributed by atoms with E-state index < -0.39 is 0 Å². The van der Waals surface area contributed by atoms with Crippen LogP contribution in [0.5, 0.6) is 17.2 Å².